The first-order valence-corrected chi connectivity index (χ1v) is 3.25. The molecule has 64 valence electrons. The largest absolute Gasteiger partial charge is 0.388 e. The van der Waals surface area contributed by atoms with E-state index in [-0.39, 0.29) is 0 Å². The van der Waals surface area contributed by atoms with Crippen LogP contribution in [-0.4, -0.2) is 17.5 Å². The molecule has 0 aliphatic carbocycles. The second-order valence-corrected chi connectivity index (χ2v) is 2.18. The minimum atomic E-state index is -0.953. The summed E-state index contributed by atoms with van der Waals surface area (Å²) in [5.74, 6) is -2.85. The van der Waals surface area contributed by atoms with Crippen molar-refractivity contribution in [2.45, 2.75) is 0 Å². The normalized spacial score (nSPS) is 9.92. The van der Waals surface area contributed by atoms with Crippen LogP contribution < -0.4 is 0 Å². The second kappa shape index (κ2) is 3.40. The van der Waals surface area contributed by atoms with Crippen molar-refractivity contribution >= 4 is 5.78 Å². The van der Waals surface area contributed by atoms with Gasteiger partial charge in [-0.15, -0.1) is 0 Å². The highest BCUT2D eigenvalue weighted by atomic mass is 19.1. The number of benzene rings is 1. The predicted molar refractivity (Wildman–Crippen MR) is 37.8 cm³/mol. The van der Waals surface area contributed by atoms with Gasteiger partial charge in [-0.3, -0.25) is 4.79 Å². The topological polar surface area (TPSA) is 37.3 Å². The van der Waals surface area contributed by atoms with E-state index in [1.807, 2.05) is 0 Å². The van der Waals surface area contributed by atoms with Crippen LogP contribution in [0.15, 0.2) is 18.2 Å². The summed E-state index contributed by atoms with van der Waals surface area (Å²) in [4.78, 5) is 10.7. The first-order valence-electron chi connectivity index (χ1n) is 3.25. The van der Waals surface area contributed by atoms with Crippen LogP contribution in [0.5, 0.6) is 0 Å². The van der Waals surface area contributed by atoms with Crippen molar-refractivity contribution in [3.05, 3.63) is 35.4 Å². The van der Waals surface area contributed by atoms with Gasteiger partial charge in [0.2, 0.25) is 0 Å². The Labute approximate surface area is 67.4 Å². The van der Waals surface area contributed by atoms with E-state index in [0.29, 0.717) is 0 Å². The maximum absolute atomic E-state index is 12.7. The van der Waals surface area contributed by atoms with E-state index in [2.05, 4.69) is 0 Å². The van der Waals surface area contributed by atoms with Crippen molar-refractivity contribution in [1.29, 1.82) is 0 Å². The lowest BCUT2D eigenvalue weighted by Gasteiger charge is -1.99. The van der Waals surface area contributed by atoms with Gasteiger partial charge in [-0.1, -0.05) is 6.07 Å². The number of carbonyl (C=O) groups excluding carboxylic acids is 1. The number of Topliss-reactive ketones (excluding diaryl/α,β-unsaturated/α-hetero) is 1. The third-order valence-corrected chi connectivity index (χ3v) is 1.39. The lowest BCUT2D eigenvalue weighted by molar-refractivity contribution is 0.0895. The van der Waals surface area contributed by atoms with Crippen molar-refractivity contribution in [3.8, 4) is 0 Å². The zero-order chi connectivity index (χ0) is 9.14. The fraction of sp³-hybridized carbons (Fsp3) is 0.125. The first-order chi connectivity index (χ1) is 5.66. The van der Waals surface area contributed by atoms with Gasteiger partial charge in [0.15, 0.2) is 5.78 Å². The van der Waals surface area contributed by atoms with E-state index >= 15 is 0 Å². The summed E-state index contributed by atoms with van der Waals surface area (Å²) in [7, 11) is 0. The highest BCUT2D eigenvalue weighted by molar-refractivity contribution is 5.97. The molecule has 0 aliphatic heterocycles. The number of aliphatic hydroxyl groups is 1. The summed E-state index contributed by atoms with van der Waals surface area (Å²) < 4.78 is 25.4. The van der Waals surface area contributed by atoms with Crippen molar-refractivity contribution in [3.63, 3.8) is 0 Å². The van der Waals surface area contributed by atoms with Crippen molar-refractivity contribution in [2.75, 3.05) is 6.61 Å². The molecule has 0 aliphatic rings. The molecule has 0 aromatic heterocycles. The number of rotatable bonds is 2. The van der Waals surface area contributed by atoms with E-state index < -0.39 is 29.6 Å². The zero-order valence-corrected chi connectivity index (χ0v) is 6.05. The number of halogens is 2. The maximum atomic E-state index is 12.7. The highest BCUT2D eigenvalue weighted by Crippen LogP contribution is 2.11. The Bertz CT molecular complexity index is 290. The molecule has 1 N–H and O–H groups in total. The molecule has 0 bridgehead atoms. The van der Waals surface area contributed by atoms with E-state index in [0.717, 1.165) is 18.2 Å². The van der Waals surface area contributed by atoms with E-state index in [1.165, 1.54) is 0 Å². The Morgan fingerprint density at radius 3 is 2.25 bits per heavy atom. The molecule has 0 radical (unpaired) electrons. The predicted octanol–water partition coefficient (Wildman–Crippen LogP) is 1.14. The van der Waals surface area contributed by atoms with Crippen LogP contribution in [0.2, 0.25) is 0 Å². The summed E-state index contributed by atoms with van der Waals surface area (Å²) in [5, 5.41) is 8.35. The van der Waals surface area contributed by atoms with Crippen LogP contribution in [0.4, 0.5) is 8.78 Å². The van der Waals surface area contributed by atoms with Crippen molar-refractivity contribution < 1.29 is 18.7 Å². The molecule has 4 heteroatoms. The molecule has 2 nitrogen and oxygen atoms in total. The third-order valence-electron chi connectivity index (χ3n) is 1.39. The Kier molecular flexibility index (Phi) is 2.50. The average molecular weight is 172 g/mol. The monoisotopic (exact) mass is 172 g/mol. The minimum Gasteiger partial charge on any atom is -0.388 e. The van der Waals surface area contributed by atoms with Gasteiger partial charge >= 0.3 is 0 Å². The average Bonchev–Trinajstić information content (AvgIpc) is 2.03. The quantitative estimate of drug-likeness (QED) is 0.679. The van der Waals surface area contributed by atoms with Crippen molar-refractivity contribution in [2.24, 2.45) is 0 Å². The molecule has 1 rings (SSSR count). The molecule has 0 spiro atoms. The molecular formula is C8H6F2O2. The molecule has 0 unspecified atom stereocenters. The standard InChI is InChI=1S/C8H6F2O2/c9-5-2-1-3-6(10)8(5)7(12)4-11/h1-3,11H,4H2. The SMILES string of the molecule is O=C(CO)c1c(F)cccc1F. The molecule has 0 atom stereocenters. The number of hydrogen-bond acceptors (Lipinski definition) is 2. The van der Waals surface area contributed by atoms with E-state index in [4.69, 9.17) is 5.11 Å². The summed E-state index contributed by atoms with van der Waals surface area (Å²) in [6.07, 6.45) is 0. The Hall–Kier alpha value is -1.29. The van der Waals surface area contributed by atoms with Gasteiger partial charge in [0.25, 0.3) is 0 Å². The fourth-order valence-corrected chi connectivity index (χ4v) is 0.843. The van der Waals surface area contributed by atoms with Crippen molar-refractivity contribution in [1.82, 2.24) is 0 Å². The molecule has 0 fully saturated rings. The molecule has 1 aromatic carbocycles. The molecule has 1 aromatic rings. The second-order valence-electron chi connectivity index (χ2n) is 2.18. The minimum absolute atomic E-state index is 0.681. The van der Waals surface area contributed by atoms with E-state index in [1.54, 1.807) is 0 Å². The summed E-state index contributed by atoms with van der Waals surface area (Å²) in [6.45, 7) is -0.891. The number of aliphatic hydroxyl groups excluding tert-OH is 1. The fourth-order valence-electron chi connectivity index (χ4n) is 0.843. The molecule has 0 heterocycles. The van der Waals surface area contributed by atoms with Gasteiger partial charge in [-0.25, -0.2) is 8.78 Å². The van der Waals surface area contributed by atoms with Gasteiger partial charge in [-0.05, 0) is 12.1 Å². The third kappa shape index (κ3) is 1.48. The van der Waals surface area contributed by atoms with Crippen LogP contribution in [0.1, 0.15) is 10.4 Å². The molecule has 0 saturated heterocycles. The van der Waals surface area contributed by atoms with Gasteiger partial charge < -0.3 is 5.11 Å². The zero-order valence-electron chi connectivity index (χ0n) is 6.05. The van der Waals surface area contributed by atoms with Crippen LogP contribution in [0.25, 0.3) is 0 Å². The Morgan fingerprint density at radius 2 is 1.83 bits per heavy atom. The van der Waals surface area contributed by atoms with Crippen LogP contribution in [0.3, 0.4) is 0 Å². The molecular weight excluding hydrogens is 166 g/mol. The Balaban J connectivity index is 3.21. The lowest BCUT2D eigenvalue weighted by atomic mass is 10.1. The van der Waals surface area contributed by atoms with Gasteiger partial charge in [-0.2, -0.15) is 0 Å². The van der Waals surface area contributed by atoms with Crippen LogP contribution in [0, 0.1) is 11.6 Å². The summed E-state index contributed by atoms with van der Waals surface area (Å²) in [6, 6.07) is 3.08. The Morgan fingerprint density at radius 1 is 1.33 bits per heavy atom. The number of carbonyl (C=O) groups is 1. The molecule has 0 amide bonds. The number of hydrogen-bond donors (Lipinski definition) is 1. The van der Waals surface area contributed by atoms with Gasteiger partial charge in [0.1, 0.15) is 18.2 Å². The van der Waals surface area contributed by atoms with Crippen LogP contribution >= 0.6 is 0 Å². The van der Waals surface area contributed by atoms with Gasteiger partial charge in [0, 0.05) is 0 Å². The van der Waals surface area contributed by atoms with E-state index in [9.17, 15) is 13.6 Å². The number of ketones is 1. The first kappa shape index (κ1) is 8.80. The highest BCUT2D eigenvalue weighted by Gasteiger charge is 2.15. The smallest absolute Gasteiger partial charge is 0.194 e. The van der Waals surface area contributed by atoms with Crippen LogP contribution in [-0.2, 0) is 0 Å². The summed E-state index contributed by atoms with van der Waals surface area (Å²) in [5.41, 5.74) is -0.681. The van der Waals surface area contributed by atoms with Gasteiger partial charge in [0.05, 0.1) is 5.56 Å². The summed E-state index contributed by atoms with van der Waals surface area (Å²) >= 11 is 0. The lowest BCUT2D eigenvalue weighted by Crippen LogP contribution is -2.09. The maximum Gasteiger partial charge on any atom is 0.194 e. The molecule has 0 saturated carbocycles. The molecule has 12 heavy (non-hydrogen) atoms.